The monoisotopic (exact) mass is 396 g/mol. The van der Waals surface area contributed by atoms with Crippen LogP contribution in [0.1, 0.15) is 26.2 Å². The molecule has 0 fully saturated rings. The average molecular weight is 397 g/mol. The summed E-state index contributed by atoms with van der Waals surface area (Å²) in [6.07, 6.45) is 1.68. The van der Waals surface area contributed by atoms with Crippen LogP contribution in [0.3, 0.4) is 0 Å². The standard InChI is InChI=1S/C18H21ClN2O4S/c1-11(7-17(22)23)8-21-18(24)12(2)26-10-16-20-9-15(25-16)13-3-5-14(19)6-4-13/h3-6,9,11-12H,7-8,10H2,1-2H3,(H,21,24)(H,22,23). The van der Waals surface area contributed by atoms with Crippen LogP contribution in [-0.2, 0) is 15.3 Å². The zero-order valence-corrected chi connectivity index (χ0v) is 16.1. The maximum absolute atomic E-state index is 12.1. The van der Waals surface area contributed by atoms with E-state index in [0.29, 0.717) is 29.0 Å². The number of halogens is 1. The van der Waals surface area contributed by atoms with Gasteiger partial charge in [-0.25, -0.2) is 4.98 Å². The second-order valence-electron chi connectivity index (χ2n) is 6.03. The number of aliphatic carboxylic acids is 1. The fourth-order valence-corrected chi connectivity index (χ4v) is 3.07. The van der Waals surface area contributed by atoms with Crippen molar-refractivity contribution in [2.45, 2.75) is 31.3 Å². The third kappa shape index (κ3) is 6.38. The molecule has 0 aliphatic heterocycles. The second-order valence-corrected chi connectivity index (χ2v) is 7.79. The summed E-state index contributed by atoms with van der Waals surface area (Å²) in [5, 5.41) is 11.9. The molecule has 2 rings (SSSR count). The molecule has 1 heterocycles. The number of hydrogen-bond acceptors (Lipinski definition) is 5. The molecule has 2 aromatic rings. The van der Waals surface area contributed by atoms with Gasteiger partial charge in [0.2, 0.25) is 11.8 Å². The molecule has 1 aromatic heterocycles. The molecule has 0 saturated heterocycles. The second kappa shape index (κ2) is 9.64. The largest absolute Gasteiger partial charge is 0.481 e. The Morgan fingerprint density at radius 2 is 2.00 bits per heavy atom. The molecule has 2 atom stereocenters. The number of rotatable bonds is 9. The Balaban J connectivity index is 1.80. The van der Waals surface area contributed by atoms with E-state index < -0.39 is 5.97 Å². The van der Waals surface area contributed by atoms with Gasteiger partial charge in [0, 0.05) is 23.6 Å². The highest BCUT2D eigenvalue weighted by Crippen LogP contribution is 2.25. The van der Waals surface area contributed by atoms with E-state index in [4.69, 9.17) is 21.1 Å². The van der Waals surface area contributed by atoms with Crippen LogP contribution in [0, 0.1) is 5.92 Å². The quantitative estimate of drug-likeness (QED) is 0.668. The predicted octanol–water partition coefficient (Wildman–Crippen LogP) is 3.84. The number of oxazole rings is 1. The normalized spacial score (nSPS) is 13.2. The fraction of sp³-hybridized carbons (Fsp3) is 0.389. The van der Waals surface area contributed by atoms with Crippen LogP contribution in [0.4, 0.5) is 0 Å². The van der Waals surface area contributed by atoms with E-state index in [9.17, 15) is 9.59 Å². The van der Waals surface area contributed by atoms with Gasteiger partial charge < -0.3 is 14.8 Å². The Labute approximate surface area is 161 Å². The van der Waals surface area contributed by atoms with Crippen LogP contribution in [-0.4, -0.2) is 33.8 Å². The number of hydrogen-bond donors (Lipinski definition) is 2. The third-order valence-electron chi connectivity index (χ3n) is 3.66. The van der Waals surface area contributed by atoms with Crippen LogP contribution in [0.5, 0.6) is 0 Å². The van der Waals surface area contributed by atoms with Gasteiger partial charge in [-0.1, -0.05) is 18.5 Å². The first kappa shape index (κ1) is 20.3. The molecule has 2 N–H and O–H groups in total. The molecule has 2 unspecified atom stereocenters. The first-order chi connectivity index (χ1) is 12.3. The molecule has 1 aromatic carbocycles. The first-order valence-corrected chi connectivity index (χ1v) is 9.59. The summed E-state index contributed by atoms with van der Waals surface area (Å²) >= 11 is 7.28. The van der Waals surface area contributed by atoms with Crippen molar-refractivity contribution < 1.29 is 19.1 Å². The number of amides is 1. The van der Waals surface area contributed by atoms with E-state index in [2.05, 4.69) is 10.3 Å². The van der Waals surface area contributed by atoms with Crippen molar-refractivity contribution in [1.29, 1.82) is 0 Å². The first-order valence-electron chi connectivity index (χ1n) is 8.17. The Morgan fingerprint density at radius 1 is 1.31 bits per heavy atom. The summed E-state index contributed by atoms with van der Waals surface area (Å²) < 4.78 is 5.71. The molecule has 140 valence electrons. The van der Waals surface area contributed by atoms with E-state index in [1.54, 1.807) is 32.2 Å². The summed E-state index contributed by atoms with van der Waals surface area (Å²) in [7, 11) is 0. The molecular weight excluding hydrogens is 376 g/mol. The number of carbonyl (C=O) groups excluding carboxylic acids is 1. The number of nitrogens with one attached hydrogen (secondary N) is 1. The van der Waals surface area contributed by atoms with Crippen LogP contribution in [0.25, 0.3) is 11.3 Å². The molecule has 6 nitrogen and oxygen atoms in total. The van der Waals surface area contributed by atoms with Gasteiger partial charge in [-0.05, 0) is 37.1 Å². The molecule has 0 saturated carbocycles. The lowest BCUT2D eigenvalue weighted by molar-refractivity contribution is -0.138. The van der Waals surface area contributed by atoms with Gasteiger partial charge >= 0.3 is 5.97 Å². The van der Waals surface area contributed by atoms with Gasteiger partial charge in [-0.3, -0.25) is 9.59 Å². The van der Waals surface area contributed by atoms with Gasteiger partial charge in [-0.2, -0.15) is 0 Å². The van der Waals surface area contributed by atoms with E-state index in [-0.39, 0.29) is 23.5 Å². The zero-order chi connectivity index (χ0) is 19.1. The van der Waals surface area contributed by atoms with Crippen molar-refractivity contribution >= 4 is 35.2 Å². The highest BCUT2D eigenvalue weighted by Gasteiger charge is 2.17. The molecule has 0 spiro atoms. The predicted molar refractivity (Wildman–Crippen MR) is 102 cm³/mol. The van der Waals surface area contributed by atoms with Crippen molar-refractivity contribution in [2.75, 3.05) is 6.54 Å². The van der Waals surface area contributed by atoms with E-state index in [1.807, 2.05) is 12.1 Å². The maximum Gasteiger partial charge on any atom is 0.303 e. The van der Waals surface area contributed by atoms with E-state index in [1.165, 1.54) is 11.8 Å². The van der Waals surface area contributed by atoms with E-state index in [0.717, 1.165) is 5.56 Å². The van der Waals surface area contributed by atoms with E-state index >= 15 is 0 Å². The van der Waals surface area contributed by atoms with Gasteiger partial charge in [0.15, 0.2) is 5.76 Å². The van der Waals surface area contributed by atoms with Crippen molar-refractivity contribution in [1.82, 2.24) is 10.3 Å². The van der Waals surface area contributed by atoms with Crippen LogP contribution < -0.4 is 5.32 Å². The molecule has 26 heavy (non-hydrogen) atoms. The molecule has 0 radical (unpaired) electrons. The van der Waals surface area contributed by atoms with Crippen LogP contribution in [0.2, 0.25) is 5.02 Å². The van der Waals surface area contributed by atoms with Crippen molar-refractivity contribution in [3.8, 4) is 11.3 Å². The molecular formula is C18H21ClN2O4S. The highest BCUT2D eigenvalue weighted by atomic mass is 35.5. The number of carbonyl (C=O) groups is 2. The minimum absolute atomic E-state index is 0.0333. The molecule has 1 amide bonds. The number of carboxylic acid groups (broad SMARTS) is 1. The fourth-order valence-electron chi connectivity index (χ4n) is 2.19. The average Bonchev–Trinajstić information content (AvgIpc) is 3.06. The lowest BCUT2D eigenvalue weighted by Gasteiger charge is -2.14. The molecule has 0 bridgehead atoms. The smallest absolute Gasteiger partial charge is 0.303 e. The highest BCUT2D eigenvalue weighted by molar-refractivity contribution is 7.99. The zero-order valence-electron chi connectivity index (χ0n) is 14.6. The minimum atomic E-state index is -0.866. The molecule has 0 aliphatic carbocycles. The summed E-state index contributed by atoms with van der Waals surface area (Å²) in [5.41, 5.74) is 0.886. The number of carboxylic acids is 1. The summed E-state index contributed by atoms with van der Waals surface area (Å²) in [6.45, 7) is 3.93. The maximum atomic E-state index is 12.1. The van der Waals surface area contributed by atoms with Crippen LogP contribution >= 0.6 is 23.4 Å². The van der Waals surface area contributed by atoms with Gasteiger partial charge in [0.25, 0.3) is 0 Å². The lowest BCUT2D eigenvalue weighted by atomic mass is 10.1. The van der Waals surface area contributed by atoms with Crippen molar-refractivity contribution in [2.24, 2.45) is 5.92 Å². The van der Waals surface area contributed by atoms with Gasteiger partial charge in [0.05, 0.1) is 17.2 Å². The third-order valence-corrected chi connectivity index (χ3v) is 5.04. The van der Waals surface area contributed by atoms with Crippen LogP contribution in [0.15, 0.2) is 34.9 Å². The number of nitrogens with zero attached hydrogens (tertiary/aromatic N) is 1. The summed E-state index contributed by atoms with van der Waals surface area (Å²) in [5.74, 6) is 0.552. The minimum Gasteiger partial charge on any atom is -0.481 e. The Kier molecular flexibility index (Phi) is 7.53. The Hall–Kier alpha value is -1.99. The Morgan fingerprint density at radius 3 is 2.65 bits per heavy atom. The summed E-state index contributed by atoms with van der Waals surface area (Å²) in [4.78, 5) is 26.9. The topological polar surface area (TPSA) is 92.4 Å². The molecule has 8 heteroatoms. The Bertz CT molecular complexity index is 748. The molecule has 0 aliphatic rings. The van der Waals surface area contributed by atoms with Gasteiger partial charge in [-0.15, -0.1) is 11.8 Å². The summed E-state index contributed by atoms with van der Waals surface area (Å²) in [6, 6.07) is 7.28. The number of thioether (sulfide) groups is 1. The van der Waals surface area contributed by atoms with Crippen molar-refractivity contribution in [3.05, 3.63) is 41.4 Å². The van der Waals surface area contributed by atoms with Gasteiger partial charge in [0.1, 0.15) is 0 Å². The van der Waals surface area contributed by atoms with Crippen molar-refractivity contribution in [3.63, 3.8) is 0 Å². The number of aromatic nitrogens is 1. The lowest BCUT2D eigenvalue weighted by Crippen LogP contribution is -2.34. The number of benzene rings is 1. The SMILES string of the molecule is CC(CNC(=O)C(C)SCc1ncc(-c2ccc(Cl)cc2)o1)CC(=O)O.